The predicted octanol–water partition coefficient (Wildman–Crippen LogP) is 4.48. The van der Waals surface area contributed by atoms with E-state index in [0.29, 0.717) is 16.9 Å². The fourth-order valence-electron chi connectivity index (χ4n) is 3.40. The van der Waals surface area contributed by atoms with Gasteiger partial charge in [-0.25, -0.2) is 0 Å². The summed E-state index contributed by atoms with van der Waals surface area (Å²) in [7, 11) is 1.79. The molecular formula is C22H17N5O2. The number of hydrogen-bond donors (Lipinski definition) is 2. The Morgan fingerprint density at radius 2 is 2.03 bits per heavy atom. The molecule has 29 heavy (non-hydrogen) atoms. The van der Waals surface area contributed by atoms with Crippen molar-refractivity contribution in [2.24, 2.45) is 7.05 Å². The molecule has 0 radical (unpaired) electrons. The predicted molar refractivity (Wildman–Crippen MR) is 110 cm³/mol. The number of hydrogen-bond acceptors (Lipinski definition) is 4. The summed E-state index contributed by atoms with van der Waals surface area (Å²) in [5.41, 5.74) is 5.22. The molecule has 5 aromatic rings. The van der Waals surface area contributed by atoms with Crippen molar-refractivity contribution >= 4 is 22.6 Å². The number of aromatic nitrogens is 4. The number of carbonyl (C=O) groups excluding carboxylic acids is 1. The van der Waals surface area contributed by atoms with Crippen LogP contribution in [0.4, 0.5) is 5.69 Å². The smallest absolute Gasteiger partial charge is 0.259 e. The molecule has 0 fully saturated rings. The van der Waals surface area contributed by atoms with Crippen LogP contribution >= 0.6 is 0 Å². The average Bonchev–Trinajstić information content (AvgIpc) is 3.47. The molecule has 2 N–H and O–H groups in total. The van der Waals surface area contributed by atoms with Crippen LogP contribution in [0.5, 0.6) is 0 Å². The highest BCUT2D eigenvalue weighted by atomic mass is 16.3. The summed E-state index contributed by atoms with van der Waals surface area (Å²) < 4.78 is 7.27. The second kappa shape index (κ2) is 6.79. The zero-order chi connectivity index (χ0) is 19.8. The molecule has 3 aromatic heterocycles. The number of amides is 1. The number of nitrogens with one attached hydrogen (secondary N) is 2. The van der Waals surface area contributed by atoms with E-state index in [4.69, 9.17) is 4.42 Å². The average molecular weight is 383 g/mol. The number of aromatic amines is 1. The number of carbonyl (C=O) groups is 1. The SMILES string of the molecule is Cn1cc(C(=O)Nc2cccc(-c3cn[nH]c3)c2)c(-c2coc3ccccc23)n1. The van der Waals surface area contributed by atoms with Gasteiger partial charge in [-0.2, -0.15) is 10.2 Å². The minimum Gasteiger partial charge on any atom is -0.464 e. The van der Waals surface area contributed by atoms with Crippen LogP contribution in [-0.2, 0) is 7.05 Å². The van der Waals surface area contributed by atoms with Gasteiger partial charge in [0.1, 0.15) is 17.5 Å². The third kappa shape index (κ3) is 3.08. The maximum Gasteiger partial charge on any atom is 0.259 e. The number of fused-ring (bicyclic) bond motifs is 1. The molecule has 0 atom stereocenters. The third-order valence-corrected chi connectivity index (χ3v) is 4.76. The van der Waals surface area contributed by atoms with Gasteiger partial charge in [0, 0.05) is 41.6 Å². The lowest BCUT2D eigenvalue weighted by atomic mass is 10.1. The Morgan fingerprint density at radius 3 is 2.90 bits per heavy atom. The van der Waals surface area contributed by atoms with Gasteiger partial charge in [0.25, 0.3) is 5.91 Å². The summed E-state index contributed by atoms with van der Waals surface area (Å²) in [4.78, 5) is 13.1. The molecule has 142 valence electrons. The summed E-state index contributed by atoms with van der Waals surface area (Å²) in [6.07, 6.45) is 6.91. The van der Waals surface area contributed by atoms with Gasteiger partial charge in [0.15, 0.2) is 0 Å². The number of para-hydroxylation sites is 1. The Morgan fingerprint density at radius 1 is 1.14 bits per heavy atom. The number of anilines is 1. The minimum atomic E-state index is -0.234. The van der Waals surface area contributed by atoms with Gasteiger partial charge in [-0.1, -0.05) is 30.3 Å². The van der Waals surface area contributed by atoms with Crippen molar-refractivity contribution in [1.82, 2.24) is 20.0 Å². The second-order valence-electron chi connectivity index (χ2n) is 6.73. The molecule has 0 saturated heterocycles. The zero-order valence-electron chi connectivity index (χ0n) is 15.6. The summed E-state index contributed by atoms with van der Waals surface area (Å²) >= 11 is 0. The molecule has 0 aliphatic rings. The topological polar surface area (TPSA) is 88.7 Å². The third-order valence-electron chi connectivity index (χ3n) is 4.76. The molecule has 3 heterocycles. The molecule has 0 spiro atoms. The summed E-state index contributed by atoms with van der Waals surface area (Å²) in [5.74, 6) is -0.234. The molecule has 1 amide bonds. The normalized spacial score (nSPS) is 11.1. The summed E-state index contributed by atoms with van der Waals surface area (Å²) in [5, 5.41) is 15.2. The highest BCUT2D eigenvalue weighted by Crippen LogP contribution is 2.32. The molecular weight excluding hydrogens is 366 g/mol. The van der Waals surface area contributed by atoms with Crippen molar-refractivity contribution in [3.8, 4) is 22.4 Å². The standard InChI is InChI=1S/C22H17N5O2/c1-27-12-18(21(26-27)19-13-29-20-8-3-2-7-17(19)20)22(28)25-16-6-4-5-14(9-16)15-10-23-24-11-15/h2-13H,1H3,(H,23,24)(H,25,28). The van der Waals surface area contributed by atoms with Crippen LogP contribution in [0, 0.1) is 0 Å². The van der Waals surface area contributed by atoms with Crippen molar-refractivity contribution < 1.29 is 9.21 Å². The van der Waals surface area contributed by atoms with Crippen LogP contribution in [0.3, 0.4) is 0 Å². The highest BCUT2D eigenvalue weighted by Gasteiger charge is 2.20. The van der Waals surface area contributed by atoms with Gasteiger partial charge in [-0.3, -0.25) is 14.6 Å². The van der Waals surface area contributed by atoms with E-state index in [-0.39, 0.29) is 5.91 Å². The lowest BCUT2D eigenvalue weighted by Gasteiger charge is -2.07. The van der Waals surface area contributed by atoms with Crippen LogP contribution < -0.4 is 5.32 Å². The van der Waals surface area contributed by atoms with Crippen LogP contribution in [0.2, 0.25) is 0 Å². The van der Waals surface area contributed by atoms with Crippen molar-refractivity contribution in [2.45, 2.75) is 0 Å². The fourth-order valence-corrected chi connectivity index (χ4v) is 3.40. The molecule has 0 aliphatic heterocycles. The van der Waals surface area contributed by atoms with Gasteiger partial charge in [-0.05, 0) is 23.8 Å². The molecule has 5 rings (SSSR count). The van der Waals surface area contributed by atoms with Crippen LogP contribution in [0.1, 0.15) is 10.4 Å². The molecule has 2 aromatic carbocycles. The Hall–Kier alpha value is -4.13. The maximum absolute atomic E-state index is 13.1. The summed E-state index contributed by atoms with van der Waals surface area (Å²) in [6, 6.07) is 15.3. The fraction of sp³-hybridized carbons (Fsp3) is 0.0455. The molecule has 0 saturated carbocycles. The first-order chi connectivity index (χ1) is 14.2. The first kappa shape index (κ1) is 17.0. The van der Waals surface area contributed by atoms with Crippen molar-refractivity contribution in [3.63, 3.8) is 0 Å². The Bertz CT molecular complexity index is 1310. The number of furan rings is 1. The Labute approximate surface area is 166 Å². The van der Waals surface area contributed by atoms with Gasteiger partial charge in [0.2, 0.25) is 0 Å². The first-order valence-corrected chi connectivity index (χ1v) is 9.10. The van der Waals surface area contributed by atoms with Crippen LogP contribution in [0.15, 0.2) is 77.8 Å². The zero-order valence-corrected chi connectivity index (χ0v) is 15.6. The van der Waals surface area contributed by atoms with Crippen molar-refractivity contribution in [1.29, 1.82) is 0 Å². The molecule has 0 aliphatic carbocycles. The van der Waals surface area contributed by atoms with E-state index >= 15 is 0 Å². The van der Waals surface area contributed by atoms with Crippen molar-refractivity contribution in [2.75, 3.05) is 5.32 Å². The molecule has 0 unspecified atom stereocenters. The number of H-pyrrole nitrogens is 1. The minimum absolute atomic E-state index is 0.234. The van der Waals surface area contributed by atoms with Crippen molar-refractivity contribution in [3.05, 3.63) is 78.9 Å². The second-order valence-corrected chi connectivity index (χ2v) is 6.73. The van der Waals surface area contributed by atoms with E-state index in [1.165, 1.54) is 0 Å². The lowest BCUT2D eigenvalue weighted by Crippen LogP contribution is -2.12. The Balaban J connectivity index is 1.49. The van der Waals surface area contributed by atoms with E-state index in [0.717, 1.165) is 27.7 Å². The summed E-state index contributed by atoms with van der Waals surface area (Å²) in [6.45, 7) is 0. The van der Waals surface area contributed by atoms with Crippen LogP contribution in [0.25, 0.3) is 33.4 Å². The number of aryl methyl sites for hydroxylation is 1. The van der Waals surface area contributed by atoms with E-state index in [1.54, 1.807) is 30.4 Å². The quantitative estimate of drug-likeness (QED) is 0.479. The Kier molecular flexibility index (Phi) is 3.98. The molecule has 7 nitrogen and oxygen atoms in total. The number of nitrogens with zero attached hydrogens (tertiary/aromatic N) is 3. The van der Waals surface area contributed by atoms with E-state index in [2.05, 4.69) is 20.6 Å². The molecule has 7 heteroatoms. The van der Waals surface area contributed by atoms with Crippen LogP contribution in [-0.4, -0.2) is 25.9 Å². The van der Waals surface area contributed by atoms with Gasteiger partial charge in [0.05, 0.1) is 11.8 Å². The monoisotopic (exact) mass is 383 g/mol. The number of benzene rings is 2. The lowest BCUT2D eigenvalue weighted by molar-refractivity contribution is 0.102. The maximum atomic E-state index is 13.1. The van der Waals surface area contributed by atoms with Gasteiger partial charge in [-0.15, -0.1) is 0 Å². The van der Waals surface area contributed by atoms with E-state index in [9.17, 15) is 4.79 Å². The van der Waals surface area contributed by atoms with E-state index < -0.39 is 0 Å². The largest absolute Gasteiger partial charge is 0.464 e. The molecule has 0 bridgehead atoms. The first-order valence-electron chi connectivity index (χ1n) is 9.10. The van der Waals surface area contributed by atoms with Gasteiger partial charge >= 0.3 is 0 Å². The highest BCUT2D eigenvalue weighted by molar-refractivity contribution is 6.10. The van der Waals surface area contributed by atoms with Gasteiger partial charge < -0.3 is 9.73 Å². The van der Waals surface area contributed by atoms with E-state index in [1.807, 2.05) is 54.7 Å². The number of rotatable bonds is 4.